The van der Waals surface area contributed by atoms with Crippen molar-refractivity contribution in [3.8, 4) is 5.75 Å². The second-order valence-electron chi connectivity index (χ2n) is 4.08. The molecule has 7 heteroatoms. The number of nitrogens with one attached hydrogen (secondary N) is 1. The lowest BCUT2D eigenvalue weighted by Gasteiger charge is -2.04. The highest BCUT2D eigenvalue weighted by molar-refractivity contribution is 14.1. The van der Waals surface area contributed by atoms with Gasteiger partial charge in [0.2, 0.25) is 0 Å². The molecule has 0 saturated carbocycles. The van der Waals surface area contributed by atoms with Crippen LogP contribution in [0.2, 0.25) is 0 Å². The number of benzene rings is 2. The van der Waals surface area contributed by atoms with Gasteiger partial charge in [0.15, 0.2) is 0 Å². The summed E-state index contributed by atoms with van der Waals surface area (Å²) in [5.74, 6) is -0.856. The number of aromatic hydroxyl groups is 1. The summed E-state index contributed by atoms with van der Waals surface area (Å²) >= 11 is 5.37. The van der Waals surface area contributed by atoms with Gasteiger partial charge in [0, 0.05) is 10.0 Å². The summed E-state index contributed by atoms with van der Waals surface area (Å²) in [6.07, 6.45) is 1.47. The summed E-state index contributed by atoms with van der Waals surface area (Å²) in [6, 6.07) is 9.83. The van der Waals surface area contributed by atoms with E-state index in [0.29, 0.717) is 14.8 Å². The van der Waals surface area contributed by atoms with Crippen molar-refractivity contribution in [1.29, 1.82) is 0 Å². The number of halogens is 2. The Morgan fingerprint density at radius 3 is 2.81 bits per heavy atom. The Bertz CT molecular complexity index is 719. The molecule has 0 unspecified atom stereocenters. The van der Waals surface area contributed by atoms with E-state index in [1.807, 2.05) is 22.6 Å². The third-order valence-electron chi connectivity index (χ3n) is 2.56. The normalized spacial score (nSPS) is 10.8. The highest BCUT2D eigenvalue weighted by Gasteiger charge is 2.05. The Kier molecular flexibility index (Phi) is 5.18. The summed E-state index contributed by atoms with van der Waals surface area (Å²) < 4.78 is 1.54. The number of hydrogen-bond acceptors (Lipinski definition) is 4. The first-order valence-corrected chi connectivity index (χ1v) is 7.65. The molecule has 0 aliphatic carbocycles. The molecular formula is C14H10BrIN2O3. The van der Waals surface area contributed by atoms with E-state index < -0.39 is 5.97 Å². The Morgan fingerprint density at radius 2 is 2.10 bits per heavy atom. The van der Waals surface area contributed by atoms with Crippen molar-refractivity contribution in [2.24, 2.45) is 5.10 Å². The fourth-order valence-electron chi connectivity index (χ4n) is 1.58. The number of rotatable bonds is 4. The van der Waals surface area contributed by atoms with E-state index >= 15 is 0 Å². The molecule has 0 bridgehead atoms. The summed E-state index contributed by atoms with van der Waals surface area (Å²) in [6.45, 7) is 0. The summed E-state index contributed by atoms with van der Waals surface area (Å²) in [5.41, 5.74) is 4.01. The van der Waals surface area contributed by atoms with Crippen LogP contribution in [0, 0.1) is 3.57 Å². The SMILES string of the molecule is O=C(O)c1cccc(N/N=C/c2cc(Br)cc(I)c2O)c1. The number of carbonyl (C=O) groups is 1. The molecule has 21 heavy (non-hydrogen) atoms. The molecule has 2 rings (SSSR count). The van der Waals surface area contributed by atoms with E-state index in [1.54, 1.807) is 24.3 Å². The van der Waals surface area contributed by atoms with Gasteiger partial charge in [0.25, 0.3) is 0 Å². The standard InChI is InChI=1S/C14H10BrIN2O3/c15-10-4-9(13(19)12(16)6-10)7-17-18-11-3-1-2-8(5-11)14(20)21/h1-7,18-19H,(H,20,21)/b17-7+. The molecule has 0 amide bonds. The lowest BCUT2D eigenvalue weighted by atomic mass is 10.2. The van der Waals surface area contributed by atoms with Crippen LogP contribution in [0.5, 0.6) is 5.75 Å². The van der Waals surface area contributed by atoms with Crippen LogP contribution in [0.3, 0.4) is 0 Å². The minimum Gasteiger partial charge on any atom is -0.506 e. The second-order valence-corrected chi connectivity index (χ2v) is 6.16. The van der Waals surface area contributed by atoms with Gasteiger partial charge in [-0.1, -0.05) is 22.0 Å². The predicted octanol–water partition coefficient (Wildman–Crippen LogP) is 3.90. The monoisotopic (exact) mass is 460 g/mol. The number of carboxylic acids is 1. The zero-order valence-corrected chi connectivity index (χ0v) is 14.3. The maximum absolute atomic E-state index is 10.9. The Balaban J connectivity index is 2.16. The molecule has 2 aromatic carbocycles. The second kappa shape index (κ2) is 6.90. The number of hydrogen-bond donors (Lipinski definition) is 3. The van der Waals surface area contributed by atoms with Gasteiger partial charge in [0.05, 0.1) is 21.0 Å². The van der Waals surface area contributed by atoms with Gasteiger partial charge < -0.3 is 10.2 Å². The average Bonchev–Trinajstić information content (AvgIpc) is 2.44. The molecule has 5 nitrogen and oxygen atoms in total. The first kappa shape index (κ1) is 15.8. The van der Waals surface area contributed by atoms with Crippen molar-refractivity contribution in [3.63, 3.8) is 0 Å². The van der Waals surface area contributed by atoms with Gasteiger partial charge in [-0.2, -0.15) is 5.10 Å². The fourth-order valence-corrected chi connectivity index (χ4v) is 3.13. The van der Waals surface area contributed by atoms with E-state index in [0.717, 1.165) is 4.47 Å². The van der Waals surface area contributed by atoms with Gasteiger partial charge in [-0.05, 0) is 52.9 Å². The van der Waals surface area contributed by atoms with E-state index in [9.17, 15) is 9.90 Å². The van der Waals surface area contributed by atoms with Gasteiger partial charge in [-0.15, -0.1) is 0 Å². The van der Waals surface area contributed by atoms with Crippen LogP contribution in [0.25, 0.3) is 0 Å². The van der Waals surface area contributed by atoms with Gasteiger partial charge in [-0.25, -0.2) is 4.79 Å². The smallest absolute Gasteiger partial charge is 0.335 e. The predicted molar refractivity (Wildman–Crippen MR) is 93.1 cm³/mol. The molecule has 0 aliphatic heterocycles. The number of carboxylic acid groups (broad SMARTS) is 1. The minimum atomic E-state index is -0.998. The van der Waals surface area contributed by atoms with Crippen molar-refractivity contribution in [1.82, 2.24) is 0 Å². The third kappa shape index (κ3) is 4.18. The van der Waals surface area contributed by atoms with E-state index in [4.69, 9.17) is 5.11 Å². The van der Waals surface area contributed by atoms with Crippen molar-refractivity contribution in [3.05, 3.63) is 55.6 Å². The van der Waals surface area contributed by atoms with E-state index in [2.05, 4.69) is 26.5 Å². The number of anilines is 1. The maximum Gasteiger partial charge on any atom is 0.335 e. The van der Waals surface area contributed by atoms with Gasteiger partial charge >= 0.3 is 5.97 Å². The number of phenolic OH excluding ortho intramolecular Hbond substituents is 1. The Hall–Kier alpha value is -1.61. The maximum atomic E-state index is 10.9. The largest absolute Gasteiger partial charge is 0.506 e. The molecule has 0 radical (unpaired) electrons. The van der Waals surface area contributed by atoms with Crippen LogP contribution in [-0.2, 0) is 0 Å². The Morgan fingerprint density at radius 1 is 1.33 bits per heavy atom. The van der Waals surface area contributed by atoms with Crippen molar-refractivity contribution in [2.75, 3.05) is 5.43 Å². The highest BCUT2D eigenvalue weighted by atomic mass is 127. The first-order chi connectivity index (χ1) is 9.97. The third-order valence-corrected chi connectivity index (χ3v) is 3.84. The van der Waals surface area contributed by atoms with Crippen LogP contribution < -0.4 is 5.43 Å². The van der Waals surface area contributed by atoms with Crippen LogP contribution >= 0.6 is 38.5 Å². The fraction of sp³-hybridized carbons (Fsp3) is 0. The molecule has 108 valence electrons. The van der Waals surface area contributed by atoms with Crippen LogP contribution in [0.4, 0.5) is 5.69 Å². The molecular weight excluding hydrogens is 451 g/mol. The first-order valence-electron chi connectivity index (χ1n) is 5.78. The lowest BCUT2D eigenvalue weighted by molar-refractivity contribution is 0.0697. The molecule has 0 aliphatic rings. The summed E-state index contributed by atoms with van der Waals surface area (Å²) in [5, 5.41) is 22.8. The summed E-state index contributed by atoms with van der Waals surface area (Å²) in [4.78, 5) is 10.9. The van der Waals surface area contributed by atoms with Crippen LogP contribution in [-0.4, -0.2) is 22.4 Å². The molecule has 0 fully saturated rings. The van der Waals surface area contributed by atoms with Crippen LogP contribution in [0.15, 0.2) is 46.0 Å². The van der Waals surface area contributed by atoms with E-state index in [1.165, 1.54) is 18.3 Å². The molecule has 0 spiro atoms. The van der Waals surface area contributed by atoms with Gasteiger partial charge in [0.1, 0.15) is 5.75 Å². The van der Waals surface area contributed by atoms with Gasteiger partial charge in [-0.3, -0.25) is 5.43 Å². The van der Waals surface area contributed by atoms with Crippen molar-refractivity contribution >= 4 is 56.4 Å². The van der Waals surface area contributed by atoms with Crippen molar-refractivity contribution < 1.29 is 15.0 Å². The molecule has 3 N–H and O–H groups in total. The van der Waals surface area contributed by atoms with E-state index in [-0.39, 0.29) is 11.3 Å². The molecule has 0 saturated heterocycles. The number of nitrogens with zero attached hydrogens (tertiary/aromatic N) is 1. The molecule has 0 aromatic heterocycles. The topological polar surface area (TPSA) is 81.9 Å². The Labute approximate surface area is 143 Å². The molecule has 2 aromatic rings. The lowest BCUT2D eigenvalue weighted by Crippen LogP contribution is -1.98. The zero-order valence-electron chi connectivity index (χ0n) is 10.5. The minimum absolute atomic E-state index is 0.142. The molecule has 0 atom stereocenters. The quantitative estimate of drug-likeness (QED) is 0.367. The molecule has 0 heterocycles. The number of aromatic carboxylic acids is 1. The average molecular weight is 461 g/mol. The number of hydrazone groups is 1. The highest BCUT2D eigenvalue weighted by Crippen LogP contribution is 2.27. The van der Waals surface area contributed by atoms with Crippen LogP contribution in [0.1, 0.15) is 15.9 Å². The summed E-state index contributed by atoms with van der Waals surface area (Å²) in [7, 11) is 0. The number of phenols is 1. The zero-order chi connectivity index (χ0) is 15.4. The van der Waals surface area contributed by atoms with Crippen molar-refractivity contribution in [2.45, 2.75) is 0 Å².